The molecule has 75 heavy (non-hydrogen) atoms. The fourth-order valence-electron chi connectivity index (χ4n) is 10.8. The van der Waals surface area contributed by atoms with Crippen molar-refractivity contribution in [2.75, 3.05) is 20.2 Å². The molecule has 6 N–H and O–H groups in total. The molecule has 2 saturated carbocycles. The summed E-state index contributed by atoms with van der Waals surface area (Å²) in [6, 6.07) is 20.7. The molecule has 0 unspecified atom stereocenters. The normalized spacial score (nSPS) is 24.6. The molecule has 4 aromatic carbocycles. The number of aliphatic hydroxyl groups is 2. The van der Waals surface area contributed by atoms with Gasteiger partial charge >= 0.3 is 12.1 Å². The molecule has 2 amide bonds. The third-order valence-electron chi connectivity index (χ3n) is 15.1. The highest BCUT2D eigenvalue weighted by Gasteiger charge is 2.41. The number of alkyl carbamates (subject to hydrolysis) is 1. The fraction of sp³-hybridized carbons (Fsp3) is 0.500. The highest BCUT2D eigenvalue weighted by molar-refractivity contribution is 7.10. The maximum absolute atomic E-state index is 14.3. The van der Waals surface area contributed by atoms with Gasteiger partial charge in [0.25, 0.3) is 0 Å². The van der Waals surface area contributed by atoms with Crippen molar-refractivity contribution in [3.05, 3.63) is 105 Å². The largest absolute Gasteiger partial charge is 0.467 e. The lowest BCUT2D eigenvalue weighted by Crippen LogP contribution is -2.50. The SMILES string of the molecule is CC1(O)CCC([C@H](N)C(=O)N2CCC[C@H]2c2nc(-c3ccc(F)c4ccccc34)cs2)CC1.COC(=O)[C@@H](NC(=O)OC(C)(C)C)C1CCC(C)(O)CC1.Fc1ccc(-c2csc([C@@H]3CCCN3)n2)c2ccccc12. The first-order valence-electron chi connectivity index (χ1n) is 26.3. The summed E-state index contributed by atoms with van der Waals surface area (Å²) in [7, 11) is 1.30. The number of nitrogens with zero attached hydrogens (tertiary/aromatic N) is 3. The zero-order valence-corrected chi connectivity index (χ0v) is 45.5. The van der Waals surface area contributed by atoms with Crippen LogP contribution >= 0.6 is 22.7 Å². The molecule has 2 saturated heterocycles. The number of hydrogen-bond acceptors (Lipinski definition) is 13. The Morgan fingerprint density at radius 2 is 1.25 bits per heavy atom. The van der Waals surface area contributed by atoms with Crippen molar-refractivity contribution in [1.82, 2.24) is 25.5 Å². The maximum atomic E-state index is 14.3. The average Bonchev–Trinajstić information content (AvgIpc) is 4.25. The van der Waals surface area contributed by atoms with Crippen molar-refractivity contribution in [2.45, 2.75) is 153 Å². The molecule has 6 aromatic rings. The van der Waals surface area contributed by atoms with E-state index < -0.39 is 40.9 Å². The van der Waals surface area contributed by atoms with E-state index in [1.165, 1.54) is 25.7 Å². The number of thiazole rings is 2. The Labute approximate surface area is 446 Å². The van der Waals surface area contributed by atoms with Gasteiger partial charge in [0.15, 0.2) is 0 Å². The zero-order chi connectivity index (χ0) is 53.7. The van der Waals surface area contributed by atoms with Gasteiger partial charge in [0.1, 0.15) is 33.3 Å². The molecular formula is C58H72F2N6O7S2. The Morgan fingerprint density at radius 3 is 1.76 bits per heavy atom. The first-order valence-corrected chi connectivity index (χ1v) is 28.0. The van der Waals surface area contributed by atoms with Gasteiger partial charge in [-0.2, -0.15) is 0 Å². The first-order chi connectivity index (χ1) is 35.7. The van der Waals surface area contributed by atoms with Crippen LogP contribution in [0.15, 0.2) is 83.6 Å². The van der Waals surface area contributed by atoms with Crippen LogP contribution in [0.25, 0.3) is 44.1 Å². The molecule has 4 fully saturated rings. The van der Waals surface area contributed by atoms with Crippen LogP contribution in [-0.2, 0) is 19.1 Å². The van der Waals surface area contributed by atoms with Crippen LogP contribution in [-0.4, -0.2) is 92.1 Å². The van der Waals surface area contributed by atoms with Crippen molar-refractivity contribution in [3.63, 3.8) is 0 Å². The van der Waals surface area contributed by atoms with Crippen LogP contribution in [0, 0.1) is 23.5 Å². The number of esters is 1. The van der Waals surface area contributed by atoms with E-state index in [0.29, 0.717) is 61.9 Å². The molecule has 0 spiro atoms. The number of nitrogens with one attached hydrogen (secondary N) is 2. The van der Waals surface area contributed by atoms with Gasteiger partial charge in [-0.15, -0.1) is 22.7 Å². The monoisotopic (exact) mass is 1070 g/mol. The Balaban J connectivity index is 0.000000156. The molecule has 2 aliphatic carbocycles. The number of rotatable bonds is 9. The van der Waals surface area contributed by atoms with Gasteiger partial charge in [0.05, 0.1) is 47.8 Å². The fourth-order valence-corrected chi connectivity index (χ4v) is 12.7. The van der Waals surface area contributed by atoms with Gasteiger partial charge in [-0.3, -0.25) is 4.79 Å². The summed E-state index contributed by atoms with van der Waals surface area (Å²) in [6.07, 6.45) is 8.95. The minimum absolute atomic E-state index is 0.00646. The van der Waals surface area contributed by atoms with Crippen LogP contribution < -0.4 is 16.4 Å². The summed E-state index contributed by atoms with van der Waals surface area (Å²) in [6.45, 7) is 10.7. The summed E-state index contributed by atoms with van der Waals surface area (Å²) in [5.41, 5.74) is 8.15. The highest BCUT2D eigenvalue weighted by atomic mass is 32.1. The minimum atomic E-state index is -0.735. The molecular weight excluding hydrogens is 995 g/mol. The Morgan fingerprint density at radius 1 is 0.747 bits per heavy atom. The van der Waals surface area contributed by atoms with Gasteiger partial charge in [-0.05, 0) is 165 Å². The molecule has 0 bridgehead atoms. The molecule has 17 heteroatoms. The van der Waals surface area contributed by atoms with Gasteiger partial charge < -0.3 is 41.0 Å². The minimum Gasteiger partial charge on any atom is -0.467 e. The summed E-state index contributed by atoms with van der Waals surface area (Å²) >= 11 is 3.24. The number of hydrogen-bond donors (Lipinski definition) is 5. The third-order valence-corrected chi connectivity index (χ3v) is 17.0. The van der Waals surface area contributed by atoms with Crippen LogP contribution in [0.4, 0.5) is 13.6 Å². The van der Waals surface area contributed by atoms with E-state index in [1.807, 2.05) is 65.7 Å². The number of aromatic nitrogens is 2. The first kappa shape index (κ1) is 55.8. The second-order valence-electron chi connectivity index (χ2n) is 22.1. The number of fused-ring (bicyclic) bond motifs is 2. The number of carbonyl (C=O) groups excluding carboxylic acids is 3. The number of carbonyl (C=O) groups is 3. The summed E-state index contributed by atoms with van der Waals surface area (Å²) in [5, 5.41) is 35.4. The molecule has 4 aliphatic rings. The quantitative estimate of drug-likeness (QED) is 0.0867. The predicted molar refractivity (Wildman–Crippen MR) is 292 cm³/mol. The molecule has 4 heterocycles. The van der Waals surface area contributed by atoms with Gasteiger partial charge in [0.2, 0.25) is 5.91 Å². The van der Waals surface area contributed by atoms with Crippen LogP contribution in [0.1, 0.15) is 134 Å². The van der Waals surface area contributed by atoms with E-state index >= 15 is 0 Å². The molecule has 0 radical (unpaired) electrons. The topological polar surface area (TPSA) is 189 Å². The Bertz CT molecular complexity index is 2930. The molecule has 10 rings (SSSR count). The molecule has 402 valence electrons. The van der Waals surface area contributed by atoms with E-state index in [1.54, 1.807) is 62.5 Å². The van der Waals surface area contributed by atoms with E-state index in [9.17, 15) is 33.4 Å². The number of benzene rings is 4. The zero-order valence-electron chi connectivity index (χ0n) is 43.9. The number of amides is 2. The second-order valence-corrected chi connectivity index (χ2v) is 23.9. The van der Waals surface area contributed by atoms with Crippen molar-refractivity contribution >= 4 is 62.2 Å². The van der Waals surface area contributed by atoms with Gasteiger partial charge in [-0.1, -0.05) is 48.5 Å². The number of nitrogens with two attached hydrogens (primary N) is 1. The lowest BCUT2D eigenvalue weighted by atomic mass is 9.76. The van der Waals surface area contributed by atoms with E-state index in [4.69, 9.17) is 25.2 Å². The Hall–Kier alpha value is -5.43. The second kappa shape index (κ2) is 23.9. The average molecular weight is 1070 g/mol. The predicted octanol–water partition coefficient (Wildman–Crippen LogP) is 11.6. The molecule has 4 atom stereocenters. The highest BCUT2D eigenvalue weighted by Crippen LogP contribution is 2.41. The van der Waals surface area contributed by atoms with Crippen LogP contribution in [0.5, 0.6) is 0 Å². The van der Waals surface area contributed by atoms with Crippen molar-refractivity contribution in [3.8, 4) is 22.5 Å². The summed E-state index contributed by atoms with van der Waals surface area (Å²) in [5.74, 6) is -0.847. The molecule has 13 nitrogen and oxygen atoms in total. The van der Waals surface area contributed by atoms with Crippen molar-refractivity contribution in [1.29, 1.82) is 0 Å². The van der Waals surface area contributed by atoms with Crippen molar-refractivity contribution in [2.24, 2.45) is 17.6 Å². The van der Waals surface area contributed by atoms with Crippen molar-refractivity contribution < 1.29 is 42.9 Å². The Kier molecular flexibility index (Phi) is 17.7. The van der Waals surface area contributed by atoms with Gasteiger partial charge in [-0.25, -0.2) is 28.3 Å². The van der Waals surface area contributed by atoms with Gasteiger partial charge in [0, 0.05) is 39.2 Å². The number of halogens is 2. The molecule has 2 aliphatic heterocycles. The van der Waals surface area contributed by atoms with E-state index in [2.05, 4.69) is 16.0 Å². The number of likely N-dealkylation sites (tertiary alicyclic amines) is 1. The standard InChI is InChI=1S/C26H30FN3O2S.C17H15FN2S.C15H27NO5/c1-26(32)12-10-16(11-13-26)23(28)25(31)30-14-4-7-22(30)24-29-21(15-33-24)19-8-9-20(27)18-6-3-2-5-17(18)19;18-14-8-7-13(11-4-1-2-5-12(11)14)16-10-21-17(20-16)15-6-3-9-19-15;1-14(2,3)21-13(18)16-11(12(17)20-5)10-6-8-15(4,19)9-7-10/h2-3,5-6,8-9,15-16,22-23,32H,4,7,10-14,28H2,1H3;1-2,4-5,7-8,10,15,19H,3,6,9H2;10-11,19H,6-9H2,1-5H3,(H,16,18)/t16?,22-,23-,26?;15-;10?,11-,15?/m000/s1. The molecule has 2 aromatic heterocycles. The lowest BCUT2D eigenvalue weighted by Gasteiger charge is -2.37. The third kappa shape index (κ3) is 13.8. The maximum Gasteiger partial charge on any atom is 0.408 e. The smallest absolute Gasteiger partial charge is 0.408 e. The van der Waals surface area contributed by atoms with Crippen LogP contribution in [0.3, 0.4) is 0 Å². The number of ether oxygens (including phenoxy) is 2. The number of methoxy groups -OCH3 is 1. The van der Waals surface area contributed by atoms with Crippen LogP contribution in [0.2, 0.25) is 0 Å². The lowest BCUT2D eigenvalue weighted by molar-refractivity contribution is -0.145. The van der Waals surface area contributed by atoms with E-state index in [0.717, 1.165) is 82.0 Å². The summed E-state index contributed by atoms with van der Waals surface area (Å²) in [4.78, 5) is 48.7. The van der Waals surface area contributed by atoms with E-state index in [-0.39, 0.29) is 35.4 Å². The summed E-state index contributed by atoms with van der Waals surface area (Å²) < 4.78 is 38.1.